The maximum atomic E-state index is 14.4. The van der Waals surface area contributed by atoms with Crippen LogP contribution in [0.1, 0.15) is 98.8 Å². The normalized spacial score (nSPS) is 16.3. The van der Waals surface area contributed by atoms with Gasteiger partial charge in [0, 0.05) is 5.56 Å². The average Bonchev–Trinajstić information content (AvgIpc) is 2.63. The fraction of sp³-hybridized carbons (Fsp3) is 0.692. The molecule has 0 aromatic heterocycles. The molecule has 1 aromatic carbocycles. The van der Waals surface area contributed by atoms with Gasteiger partial charge in [-0.1, -0.05) is 19.9 Å². The van der Waals surface area contributed by atoms with Crippen molar-refractivity contribution in [1.29, 1.82) is 0 Å². The Morgan fingerprint density at radius 2 is 1.29 bits per heavy atom. The van der Waals surface area contributed by atoms with E-state index in [1.165, 1.54) is 0 Å². The van der Waals surface area contributed by atoms with Crippen molar-refractivity contribution in [2.24, 2.45) is 0 Å². The van der Waals surface area contributed by atoms with Crippen LogP contribution in [0.2, 0.25) is 0 Å². The van der Waals surface area contributed by atoms with Crippen LogP contribution in [0.15, 0.2) is 17.2 Å². The summed E-state index contributed by atoms with van der Waals surface area (Å²) in [6.07, 6.45) is 2.31. The highest BCUT2D eigenvalue weighted by Crippen LogP contribution is 2.75. The molecule has 9 heteroatoms. The SMILES string of the molecule is CC(C)OP(=O)(OC(C)C)C(=Cc1ccc(O)c2c1CCCC2(C)C)P(=O)(OC(C)C)OC(C)C. The maximum Gasteiger partial charge on any atom is 0.370 e. The van der Waals surface area contributed by atoms with E-state index in [0.29, 0.717) is 5.56 Å². The summed E-state index contributed by atoms with van der Waals surface area (Å²) in [6, 6.07) is 3.38. The van der Waals surface area contributed by atoms with Crippen LogP contribution in [0, 0.1) is 0 Å². The topological polar surface area (TPSA) is 91.3 Å². The first-order chi connectivity index (χ1) is 16.0. The number of hydrogen-bond acceptors (Lipinski definition) is 7. The summed E-state index contributed by atoms with van der Waals surface area (Å²) in [5.41, 5.74) is 2.24. The first kappa shape index (κ1) is 30.3. The third-order valence-electron chi connectivity index (χ3n) is 5.48. The fourth-order valence-electron chi connectivity index (χ4n) is 4.47. The molecule has 0 saturated heterocycles. The van der Waals surface area contributed by atoms with Crippen LogP contribution < -0.4 is 0 Å². The van der Waals surface area contributed by atoms with Gasteiger partial charge in [0.2, 0.25) is 0 Å². The Balaban J connectivity index is 2.92. The monoisotopic (exact) mass is 530 g/mol. The van der Waals surface area contributed by atoms with E-state index in [2.05, 4.69) is 13.8 Å². The smallest absolute Gasteiger partial charge is 0.370 e. The Hall–Kier alpha value is -0.940. The lowest BCUT2D eigenvalue weighted by Gasteiger charge is -2.34. The standard InChI is InChI=1S/C26H44O7P2/c1-17(2)30-34(28,31-18(3)4)24(35(29,32-19(5)6)33-20(7)8)16-21-13-14-23(27)25-22(21)12-11-15-26(25,9)10/h13-14,16-20,27H,11-12,15H2,1-10H3. The van der Waals surface area contributed by atoms with Crippen LogP contribution in [0.25, 0.3) is 6.08 Å². The van der Waals surface area contributed by atoms with Gasteiger partial charge in [-0.2, -0.15) is 0 Å². The zero-order valence-corrected chi connectivity index (χ0v) is 24.7. The Labute approximate surface area is 211 Å². The van der Waals surface area contributed by atoms with Gasteiger partial charge >= 0.3 is 15.2 Å². The van der Waals surface area contributed by atoms with E-state index >= 15 is 0 Å². The third-order valence-corrected chi connectivity index (χ3v) is 11.1. The van der Waals surface area contributed by atoms with Gasteiger partial charge in [-0.05, 0) is 103 Å². The Morgan fingerprint density at radius 3 is 1.69 bits per heavy atom. The van der Waals surface area contributed by atoms with Crippen LogP contribution in [0.5, 0.6) is 5.75 Å². The zero-order valence-electron chi connectivity index (χ0n) is 23.0. The first-order valence-electron chi connectivity index (χ1n) is 12.5. The summed E-state index contributed by atoms with van der Waals surface area (Å²) in [4.78, 5) is 0. The van der Waals surface area contributed by atoms with Crippen molar-refractivity contribution in [3.05, 3.63) is 33.9 Å². The number of aromatic hydroxyl groups is 1. The van der Waals surface area contributed by atoms with E-state index < -0.39 is 39.6 Å². The molecule has 1 aliphatic carbocycles. The van der Waals surface area contributed by atoms with Crippen molar-refractivity contribution in [2.45, 2.75) is 118 Å². The molecule has 0 fully saturated rings. The Morgan fingerprint density at radius 1 is 0.857 bits per heavy atom. The lowest BCUT2D eigenvalue weighted by molar-refractivity contribution is 0.138. The molecule has 1 aliphatic rings. The minimum absolute atomic E-state index is 0.119. The highest BCUT2D eigenvalue weighted by atomic mass is 31.2. The fourth-order valence-corrected chi connectivity index (χ4v) is 9.58. The average molecular weight is 531 g/mol. The van der Waals surface area contributed by atoms with Crippen molar-refractivity contribution in [3.8, 4) is 5.75 Å². The highest BCUT2D eigenvalue weighted by molar-refractivity contribution is 7.79. The van der Waals surface area contributed by atoms with Gasteiger partial charge in [-0.15, -0.1) is 0 Å². The van der Waals surface area contributed by atoms with Gasteiger partial charge in [-0.25, -0.2) is 0 Å². The molecule has 35 heavy (non-hydrogen) atoms. The molecule has 200 valence electrons. The molecule has 0 saturated carbocycles. The second-order valence-electron chi connectivity index (χ2n) is 10.9. The number of phenols is 1. The van der Waals surface area contributed by atoms with Gasteiger partial charge in [0.25, 0.3) is 0 Å². The predicted molar refractivity (Wildman–Crippen MR) is 142 cm³/mol. The molecule has 0 bridgehead atoms. The molecule has 0 unspecified atom stereocenters. The van der Waals surface area contributed by atoms with Crippen LogP contribution >= 0.6 is 15.2 Å². The molecular formula is C26H44O7P2. The van der Waals surface area contributed by atoms with E-state index in [1.54, 1.807) is 73.6 Å². The number of rotatable bonds is 11. The summed E-state index contributed by atoms with van der Waals surface area (Å²) in [6.45, 7) is 18.2. The van der Waals surface area contributed by atoms with E-state index in [0.717, 1.165) is 30.4 Å². The molecule has 1 aromatic rings. The zero-order chi connectivity index (χ0) is 26.8. The second-order valence-corrected chi connectivity index (χ2v) is 15.0. The molecule has 7 nitrogen and oxygen atoms in total. The molecule has 0 aliphatic heterocycles. The van der Waals surface area contributed by atoms with Crippen molar-refractivity contribution in [1.82, 2.24) is 0 Å². The predicted octanol–water partition coefficient (Wildman–Crippen LogP) is 8.39. The molecule has 1 N–H and O–H groups in total. The summed E-state index contributed by atoms with van der Waals surface area (Å²) >= 11 is 0. The summed E-state index contributed by atoms with van der Waals surface area (Å²) < 4.78 is 52.4. The van der Waals surface area contributed by atoms with Gasteiger partial charge in [-0.3, -0.25) is 9.13 Å². The molecule has 0 amide bonds. The quantitative estimate of drug-likeness (QED) is 0.287. The van der Waals surface area contributed by atoms with Gasteiger partial charge in [0.05, 0.1) is 24.4 Å². The highest BCUT2D eigenvalue weighted by Gasteiger charge is 2.48. The largest absolute Gasteiger partial charge is 0.508 e. The number of hydrogen-bond donors (Lipinski definition) is 1. The van der Waals surface area contributed by atoms with Gasteiger partial charge in [0.1, 0.15) is 5.75 Å². The van der Waals surface area contributed by atoms with Crippen molar-refractivity contribution >= 4 is 21.3 Å². The second kappa shape index (κ2) is 11.6. The van der Waals surface area contributed by atoms with E-state index in [-0.39, 0.29) is 16.2 Å². The summed E-state index contributed by atoms with van der Waals surface area (Å²) in [5, 5.41) is 10.6. The van der Waals surface area contributed by atoms with Crippen LogP contribution in [0.3, 0.4) is 0 Å². The van der Waals surface area contributed by atoms with Gasteiger partial charge in [0.15, 0.2) is 5.06 Å². The summed E-state index contributed by atoms with van der Waals surface area (Å²) in [7, 11) is -8.27. The molecule has 2 rings (SSSR count). The number of fused-ring (bicyclic) bond motifs is 1. The van der Waals surface area contributed by atoms with E-state index in [4.69, 9.17) is 18.1 Å². The molecular weight excluding hydrogens is 486 g/mol. The maximum absolute atomic E-state index is 14.4. The van der Waals surface area contributed by atoms with Crippen LogP contribution in [-0.4, -0.2) is 29.5 Å². The van der Waals surface area contributed by atoms with Crippen molar-refractivity contribution in [3.63, 3.8) is 0 Å². The minimum Gasteiger partial charge on any atom is -0.508 e. The molecule has 0 heterocycles. The summed E-state index contributed by atoms with van der Waals surface area (Å²) in [5.74, 6) is 0.225. The van der Waals surface area contributed by atoms with Crippen molar-refractivity contribution < 1.29 is 32.3 Å². The Bertz CT molecular complexity index is 941. The Kier molecular flexibility index (Phi) is 10.1. The number of phenolic OH excluding ortho intramolecular Hbond substituents is 1. The lowest BCUT2D eigenvalue weighted by atomic mass is 9.71. The van der Waals surface area contributed by atoms with E-state index in [1.807, 2.05) is 0 Å². The van der Waals surface area contributed by atoms with Crippen molar-refractivity contribution in [2.75, 3.05) is 0 Å². The molecule has 0 atom stereocenters. The van der Waals surface area contributed by atoms with E-state index in [9.17, 15) is 14.2 Å². The molecule has 0 spiro atoms. The minimum atomic E-state index is -4.14. The third kappa shape index (κ3) is 7.53. The first-order valence-corrected chi connectivity index (χ1v) is 15.6. The lowest BCUT2D eigenvalue weighted by Crippen LogP contribution is -2.24. The van der Waals surface area contributed by atoms with Gasteiger partial charge < -0.3 is 23.2 Å². The molecule has 0 radical (unpaired) electrons. The number of benzene rings is 1. The van der Waals surface area contributed by atoms with Crippen LogP contribution in [-0.2, 0) is 39.1 Å². The van der Waals surface area contributed by atoms with Crippen LogP contribution in [0.4, 0.5) is 0 Å².